The number of aromatic hydroxyl groups is 1. The van der Waals surface area contributed by atoms with E-state index in [1.165, 1.54) is 0 Å². The van der Waals surface area contributed by atoms with Crippen LogP contribution >= 0.6 is 15.9 Å². The fourth-order valence-electron chi connectivity index (χ4n) is 2.70. The maximum absolute atomic E-state index is 12.1. The molecule has 0 aliphatic rings. The Labute approximate surface area is 142 Å². The van der Waals surface area contributed by atoms with Crippen LogP contribution in [0.5, 0.6) is 5.75 Å². The van der Waals surface area contributed by atoms with Gasteiger partial charge < -0.3 is 15.0 Å². The maximum atomic E-state index is 12.1. The second-order valence-corrected chi connectivity index (χ2v) is 6.40. The molecule has 0 spiro atoms. The first-order chi connectivity index (χ1) is 11.0. The highest BCUT2D eigenvalue weighted by Gasteiger charge is 2.09. The van der Waals surface area contributed by atoms with E-state index in [9.17, 15) is 9.90 Å². The van der Waals surface area contributed by atoms with Crippen LogP contribution < -0.4 is 5.32 Å². The summed E-state index contributed by atoms with van der Waals surface area (Å²) in [5.41, 5.74) is 2.80. The van der Waals surface area contributed by atoms with Gasteiger partial charge in [0.15, 0.2) is 0 Å². The van der Waals surface area contributed by atoms with Gasteiger partial charge in [0.25, 0.3) is 5.91 Å². The van der Waals surface area contributed by atoms with Crippen LogP contribution in [0.25, 0.3) is 10.9 Å². The van der Waals surface area contributed by atoms with Gasteiger partial charge in [-0.2, -0.15) is 0 Å². The minimum Gasteiger partial charge on any atom is -0.508 e. The Morgan fingerprint density at radius 2 is 2.09 bits per heavy atom. The molecule has 2 aromatic carbocycles. The fourth-order valence-corrected chi connectivity index (χ4v) is 3.10. The topological polar surface area (TPSA) is 54.3 Å². The molecule has 0 fully saturated rings. The maximum Gasteiger partial charge on any atom is 0.251 e. The minimum atomic E-state index is -0.0885. The summed E-state index contributed by atoms with van der Waals surface area (Å²) in [6.45, 7) is 0.542. The first-order valence-electron chi connectivity index (χ1n) is 7.35. The molecule has 3 rings (SSSR count). The van der Waals surface area contributed by atoms with Crippen LogP contribution in [0.2, 0.25) is 0 Å². The molecule has 2 N–H and O–H groups in total. The third kappa shape index (κ3) is 3.40. The van der Waals surface area contributed by atoms with Crippen LogP contribution in [0.4, 0.5) is 0 Å². The Bertz CT molecular complexity index is 871. The summed E-state index contributed by atoms with van der Waals surface area (Å²) in [6.07, 6.45) is 2.75. The number of carbonyl (C=O) groups excluding carboxylic acids is 1. The van der Waals surface area contributed by atoms with Crippen molar-refractivity contribution in [3.05, 3.63) is 64.3 Å². The Morgan fingerprint density at radius 3 is 2.87 bits per heavy atom. The first kappa shape index (κ1) is 15.6. The molecule has 1 aromatic heterocycles. The Balaban J connectivity index is 1.69. The quantitative estimate of drug-likeness (QED) is 0.734. The molecule has 1 amide bonds. The second-order valence-electron chi connectivity index (χ2n) is 5.48. The number of aryl methyl sites for hydroxylation is 1. The Hall–Kier alpha value is -2.27. The Kier molecular flexibility index (Phi) is 4.39. The number of fused-ring (bicyclic) bond motifs is 1. The highest BCUT2D eigenvalue weighted by Crippen LogP contribution is 2.25. The number of phenolic OH excluding ortho intramolecular Hbond substituents is 1. The number of amides is 1. The van der Waals surface area contributed by atoms with Crippen molar-refractivity contribution in [2.24, 2.45) is 7.05 Å². The molecular weight excluding hydrogens is 356 g/mol. The van der Waals surface area contributed by atoms with Crippen LogP contribution in [0.15, 0.2) is 53.1 Å². The highest BCUT2D eigenvalue weighted by molar-refractivity contribution is 9.10. The fraction of sp³-hybridized carbons (Fsp3) is 0.167. The molecule has 0 saturated carbocycles. The molecule has 0 saturated heterocycles. The molecule has 0 aliphatic heterocycles. The van der Waals surface area contributed by atoms with Crippen molar-refractivity contribution in [3.63, 3.8) is 0 Å². The number of hydrogen-bond acceptors (Lipinski definition) is 2. The van der Waals surface area contributed by atoms with Gasteiger partial charge >= 0.3 is 0 Å². The van der Waals surface area contributed by atoms with Gasteiger partial charge in [-0.05, 0) is 48.4 Å². The summed E-state index contributed by atoms with van der Waals surface area (Å²) in [5, 5.41) is 13.6. The number of halogens is 1. The van der Waals surface area contributed by atoms with Gasteiger partial charge in [0, 0.05) is 40.7 Å². The van der Waals surface area contributed by atoms with E-state index in [1.807, 2.05) is 36.0 Å². The van der Waals surface area contributed by atoms with Gasteiger partial charge in [-0.1, -0.05) is 22.0 Å². The van der Waals surface area contributed by atoms with Gasteiger partial charge in [0.2, 0.25) is 0 Å². The lowest BCUT2D eigenvalue weighted by molar-refractivity contribution is 0.0954. The first-order valence-corrected chi connectivity index (χ1v) is 8.14. The lowest BCUT2D eigenvalue weighted by Crippen LogP contribution is -2.25. The molecule has 3 aromatic rings. The van der Waals surface area contributed by atoms with Crippen molar-refractivity contribution in [1.82, 2.24) is 9.88 Å². The molecular formula is C18H17BrN2O2. The summed E-state index contributed by atoms with van der Waals surface area (Å²) in [5.74, 6) is 0.164. The summed E-state index contributed by atoms with van der Waals surface area (Å²) in [6, 6.07) is 12.7. The summed E-state index contributed by atoms with van der Waals surface area (Å²) >= 11 is 3.37. The number of phenols is 1. The average Bonchev–Trinajstić information content (AvgIpc) is 2.83. The van der Waals surface area contributed by atoms with E-state index in [0.717, 1.165) is 20.9 Å². The molecule has 23 heavy (non-hydrogen) atoms. The van der Waals surface area contributed by atoms with Gasteiger partial charge in [0.05, 0.1) is 0 Å². The molecule has 5 heteroatoms. The summed E-state index contributed by atoms with van der Waals surface area (Å²) < 4.78 is 2.91. The van der Waals surface area contributed by atoms with E-state index >= 15 is 0 Å². The summed E-state index contributed by atoms with van der Waals surface area (Å²) in [7, 11) is 1.98. The normalized spacial score (nSPS) is 10.9. The van der Waals surface area contributed by atoms with Gasteiger partial charge in [-0.3, -0.25) is 4.79 Å². The van der Waals surface area contributed by atoms with Crippen LogP contribution in [0.3, 0.4) is 0 Å². The van der Waals surface area contributed by atoms with Crippen LogP contribution in [0, 0.1) is 0 Å². The van der Waals surface area contributed by atoms with E-state index in [2.05, 4.69) is 21.2 Å². The molecule has 118 valence electrons. The van der Waals surface area contributed by atoms with E-state index < -0.39 is 0 Å². The second kappa shape index (κ2) is 6.46. The molecule has 1 heterocycles. The lowest BCUT2D eigenvalue weighted by Gasteiger charge is -2.05. The van der Waals surface area contributed by atoms with E-state index in [4.69, 9.17) is 0 Å². The smallest absolute Gasteiger partial charge is 0.251 e. The SMILES string of the molecule is Cn1cc(CCNC(=O)c2cccc(Br)c2)c2cc(O)ccc21. The third-order valence-corrected chi connectivity index (χ3v) is 4.32. The van der Waals surface area contributed by atoms with Gasteiger partial charge in [-0.15, -0.1) is 0 Å². The molecule has 0 aliphatic carbocycles. The zero-order valence-corrected chi connectivity index (χ0v) is 14.3. The third-order valence-electron chi connectivity index (χ3n) is 3.82. The van der Waals surface area contributed by atoms with Gasteiger partial charge in [-0.25, -0.2) is 0 Å². The molecule has 0 unspecified atom stereocenters. The van der Waals surface area contributed by atoms with E-state index in [1.54, 1.807) is 24.3 Å². The van der Waals surface area contributed by atoms with Crippen molar-refractivity contribution >= 4 is 32.7 Å². The van der Waals surface area contributed by atoms with Gasteiger partial charge in [0.1, 0.15) is 5.75 Å². The van der Waals surface area contributed by atoms with E-state index in [0.29, 0.717) is 18.5 Å². The number of rotatable bonds is 4. The number of aromatic nitrogens is 1. The number of nitrogens with one attached hydrogen (secondary N) is 1. The molecule has 4 nitrogen and oxygen atoms in total. The summed E-state index contributed by atoms with van der Waals surface area (Å²) in [4.78, 5) is 12.1. The average molecular weight is 373 g/mol. The number of nitrogens with zero attached hydrogens (tertiary/aromatic N) is 1. The highest BCUT2D eigenvalue weighted by atomic mass is 79.9. The standard InChI is InChI=1S/C18H17BrN2O2/c1-21-11-13(16-10-15(22)5-6-17(16)21)7-8-20-18(23)12-3-2-4-14(19)9-12/h2-6,9-11,22H,7-8H2,1H3,(H,20,23). The lowest BCUT2D eigenvalue weighted by atomic mass is 10.1. The zero-order chi connectivity index (χ0) is 16.4. The Morgan fingerprint density at radius 1 is 1.26 bits per heavy atom. The van der Waals surface area contributed by atoms with Crippen LogP contribution in [-0.4, -0.2) is 22.1 Å². The minimum absolute atomic E-state index is 0.0885. The number of hydrogen-bond donors (Lipinski definition) is 2. The predicted molar refractivity (Wildman–Crippen MR) is 94.8 cm³/mol. The van der Waals surface area contributed by atoms with Crippen LogP contribution in [0.1, 0.15) is 15.9 Å². The number of carbonyl (C=O) groups is 1. The molecule has 0 bridgehead atoms. The predicted octanol–water partition coefficient (Wildman–Crippen LogP) is 3.62. The largest absolute Gasteiger partial charge is 0.508 e. The number of benzene rings is 2. The molecule has 0 radical (unpaired) electrons. The van der Waals surface area contributed by atoms with Crippen molar-refractivity contribution in [2.75, 3.05) is 6.54 Å². The zero-order valence-electron chi connectivity index (χ0n) is 12.7. The monoisotopic (exact) mass is 372 g/mol. The van der Waals surface area contributed by atoms with Crippen molar-refractivity contribution in [1.29, 1.82) is 0 Å². The van der Waals surface area contributed by atoms with Crippen LogP contribution in [-0.2, 0) is 13.5 Å². The van der Waals surface area contributed by atoms with E-state index in [-0.39, 0.29) is 11.7 Å². The van der Waals surface area contributed by atoms with Crippen molar-refractivity contribution in [2.45, 2.75) is 6.42 Å². The van der Waals surface area contributed by atoms with Crippen molar-refractivity contribution < 1.29 is 9.90 Å². The molecule has 0 atom stereocenters. The van der Waals surface area contributed by atoms with Crippen molar-refractivity contribution in [3.8, 4) is 5.75 Å².